The van der Waals surface area contributed by atoms with E-state index in [2.05, 4.69) is 39.6 Å². The van der Waals surface area contributed by atoms with Gasteiger partial charge in [-0.05, 0) is 19.0 Å². The van der Waals surface area contributed by atoms with E-state index in [-0.39, 0.29) is 6.79 Å². The van der Waals surface area contributed by atoms with Gasteiger partial charge in [-0.15, -0.1) is 6.42 Å². The predicted molar refractivity (Wildman–Crippen MR) is 112 cm³/mol. The molecule has 0 unspecified atom stereocenters. The number of terminal acetylenes is 1. The molecule has 0 saturated heterocycles. The lowest BCUT2D eigenvalue weighted by Gasteiger charge is -2.11. The Balaban J connectivity index is 1.69. The van der Waals surface area contributed by atoms with Gasteiger partial charge in [-0.1, -0.05) is 31.5 Å². The van der Waals surface area contributed by atoms with E-state index in [9.17, 15) is 0 Å². The van der Waals surface area contributed by atoms with E-state index >= 15 is 0 Å². The summed E-state index contributed by atoms with van der Waals surface area (Å²) in [5.74, 6) is 4.41. The standard InChI is InChI=1S/C20H22N6O2S/c1-4-13-8-14-15(28-11-27-14)9-16(13)29-20-25-17-18(21)23-10-24-19(17)26(20)7-5-6-22-12(2)3/h1,8-10,12,22H,5-7,11H2,2-3H3,(H2,21,23,24). The van der Waals surface area contributed by atoms with Crippen LogP contribution in [0.4, 0.5) is 5.82 Å². The van der Waals surface area contributed by atoms with Gasteiger partial charge in [-0.2, -0.15) is 0 Å². The fourth-order valence-corrected chi connectivity index (χ4v) is 4.08. The Bertz CT molecular complexity index is 1090. The van der Waals surface area contributed by atoms with Crippen molar-refractivity contribution in [2.75, 3.05) is 19.1 Å². The van der Waals surface area contributed by atoms with Gasteiger partial charge < -0.3 is 25.1 Å². The molecule has 9 heteroatoms. The van der Waals surface area contributed by atoms with Crippen LogP contribution in [-0.4, -0.2) is 38.9 Å². The van der Waals surface area contributed by atoms with Crippen LogP contribution in [0.15, 0.2) is 28.5 Å². The molecule has 2 aromatic heterocycles. The molecule has 3 N–H and O–H groups in total. The van der Waals surface area contributed by atoms with Crippen molar-refractivity contribution >= 4 is 28.7 Å². The van der Waals surface area contributed by atoms with E-state index in [4.69, 9.17) is 26.6 Å². The Morgan fingerprint density at radius 3 is 2.86 bits per heavy atom. The number of aromatic nitrogens is 4. The Labute approximate surface area is 173 Å². The molecule has 3 aromatic rings. The molecule has 0 aliphatic carbocycles. The van der Waals surface area contributed by atoms with E-state index in [1.54, 1.807) is 0 Å². The second kappa shape index (κ2) is 8.19. The monoisotopic (exact) mass is 410 g/mol. The molecule has 0 radical (unpaired) electrons. The molecule has 1 aliphatic heterocycles. The molecule has 4 rings (SSSR count). The number of benzene rings is 1. The largest absolute Gasteiger partial charge is 0.454 e. The minimum Gasteiger partial charge on any atom is -0.454 e. The van der Waals surface area contributed by atoms with Gasteiger partial charge in [0.1, 0.15) is 6.33 Å². The van der Waals surface area contributed by atoms with Crippen LogP contribution in [0.25, 0.3) is 11.2 Å². The van der Waals surface area contributed by atoms with Gasteiger partial charge in [-0.25, -0.2) is 15.0 Å². The third-order valence-corrected chi connectivity index (χ3v) is 5.52. The number of hydrogen-bond donors (Lipinski definition) is 2. The Kier molecular flexibility index (Phi) is 5.47. The first-order chi connectivity index (χ1) is 14.1. The minimum atomic E-state index is 0.195. The van der Waals surface area contributed by atoms with E-state index in [0.29, 0.717) is 34.5 Å². The summed E-state index contributed by atoms with van der Waals surface area (Å²) < 4.78 is 13.0. The molecule has 0 atom stereocenters. The van der Waals surface area contributed by atoms with E-state index in [1.807, 2.05) is 12.1 Å². The van der Waals surface area contributed by atoms with Crippen molar-refractivity contribution in [3.8, 4) is 23.8 Å². The van der Waals surface area contributed by atoms with Crippen LogP contribution in [0.3, 0.4) is 0 Å². The highest BCUT2D eigenvalue weighted by Crippen LogP contribution is 2.41. The Morgan fingerprint density at radius 2 is 2.10 bits per heavy atom. The van der Waals surface area contributed by atoms with Crippen molar-refractivity contribution in [1.29, 1.82) is 0 Å². The number of imidazole rings is 1. The number of nitrogens with two attached hydrogens (primary N) is 1. The van der Waals surface area contributed by atoms with Gasteiger partial charge in [-0.3, -0.25) is 0 Å². The summed E-state index contributed by atoms with van der Waals surface area (Å²) in [6, 6.07) is 4.15. The summed E-state index contributed by atoms with van der Waals surface area (Å²) in [7, 11) is 0. The molecule has 0 fully saturated rings. The molecule has 150 valence electrons. The van der Waals surface area contributed by atoms with Crippen LogP contribution in [-0.2, 0) is 6.54 Å². The third kappa shape index (κ3) is 3.95. The first-order valence-corrected chi connectivity index (χ1v) is 10.2. The quantitative estimate of drug-likeness (QED) is 0.453. The number of rotatable bonds is 7. The van der Waals surface area contributed by atoms with E-state index in [1.165, 1.54) is 18.1 Å². The van der Waals surface area contributed by atoms with Gasteiger partial charge in [0.2, 0.25) is 6.79 Å². The third-order valence-electron chi connectivity index (χ3n) is 4.47. The fourth-order valence-electron chi connectivity index (χ4n) is 3.06. The van der Waals surface area contributed by atoms with Crippen LogP contribution in [0, 0.1) is 12.3 Å². The average molecular weight is 411 g/mol. The van der Waals surface area contributed by atoms with Crippen LogP contribution in [0.5, 0.6) is 11.5 Å². The smallest absolute Gasteiger partial charge is 0.231 e. The summed E-state index contributed by atoms with van der Waals surface area (Å²) >= 11 is 1.46. The zero-order valence-electron chi connectivity index (χ0n) is 16.3. The summed E-state index contributed by atoms with van der Waals surface area (Å²) in [6.45, 7) is 6.08. The second-order valence-corrected chi connectivity index (χ2v) is 7.90. The molecular formula is C20H22N6O2S. The number of anilines is 1. The van der Waals surface area contributed by atoms with Crippen molar-refractivity contribution in [3.63, 3.8) is 0 Å². The van der Waals surface area contributed by atoms with Crippen molar-refractivity contribution in [1.82, 2.24) is 24.8 Å². The van der Waals surface area contributed by atoms with Crippen LogP contribution in [0.1, 0.15) is 25.8 Å². The zero-order valence-corrected chi connectivity index (χ0v) is 17.1. The van der Waals surface area contributed by atoms with Crippen LogP contribution >= 0.6 is 11.8 Å². The van der Waals surface area contributed by atoms with Gasteiger partial charge >= 0.3 is 0 Å². The van der Waals surface area contributed by atoms with Crippen LogP contribution < -0.4 is 20.5 Å². The number of nitrogens with one attached hydrogen (secondary N) is 1. The van der Waals surface area contributed by atoms with Crippen LogP contribution in [0.2, 0.25) is 0 Å². The number of nitrogen functional groups attached to an aromatic ring is 1. The highest BCUT2D eigenvalue weighted by molar-refractivity contribution is 7.99. The molecule has 29 heavy (non-hydrogen) atoms. The molecule has 1 aromatic carbocycles. The summed E-state index contributed by atoms with van der Waals surface area (Å²) in [5, 5.41) is 4.18. The first-order valence-electron chi connectivity index (χ1n) is 9.35. The van der Waals surface area contributed by atoms with Crippen molar-refractivity contribution in [2.45, 2.75) is 42.9 Å². The van der Waals surface area contributed by atoms with Gasteiger partial charge in [0.15, 0.2) is 33.6 Å². The molecule has 0 amide bonds. The Hall–Kier alpha value is -2.96. The van der Waals surface area contributed by atoms with E-state index < -0.39 is 0 Å². The number of hydrogen-bond acceptors (Lipinski definition) is 8. The average Bonchev–Trinajstić information content (AvgIpc) is 3.29. The highest BCUT2D eigenvalue weighted by atomic mass is 32.2. The number of fused-ring (bicyclic) bond motifs is 2. The molecule has 0 saturated carbocycles. The topological polar surface area (TPSA) is 100 Å². The second-order valence-electron chi connectivity index (χ2n) is 6.89. The maximum atomic E-state index is 6.04. The molecule has 0 bridgehead atoms. The molecular weight excluding hydrogens is 388 g/mol. The SMILES string of the molecule is C#Cc1cc2c(cc1Sc1nc3c(N)ncnc3n1CCCNC(C)C)OCO2. The lowest BCUT2D eigenvalue weighted by molar-refractivity contribution is 0.174. The molecule has 8 nitrogen and oxygen atoms in total. The number of nitrogens with zero attached hydrogens (tertiary/aromatic N) is 4. The van der Waals surface area contributed by atoms with Crippen molar-refractivity contribution in [3.05, 3.63) is 24.0 Å². The van der Waals surface area contributed by atoms with Crippen molar-refractivity contribution < 1.29 is 9.47 Å². The molecule has 0 spiro atoms. The lowest BCUT2D eigenvalue weighted by Crippen LogP contribution is -2.24. The Morgan fingerprint density at radius 1 is 1.31 bits per heavy atom. The maximum absolute atomic E-state index is 6.04. The lowest BCUT2D eigenvalue weighted by atomic mass is 10.2. The molecule has 1 aliphatic rings. The molecule has 3 heterocycles. The van der Waals surface area contributed by atoms with E-state index in [0.717, 1.165) is 35.1 Å². The highest BCUT2D eigenvalue weighted by Gasteiger charge is 2.21. The predicted octanol–water partition coefficient (Wildman–Crippen LogP) is 2.66. The first kappa shape index (κ1) is 19.4. The summed E-state index contributed by atoms with van der Waals surface area (Å²) in [6.07, 6.45) is 8.11. The zero-order chi connectivity index (χ0) is 20.4. The fraction of sp³-hybridized carbons (Fsp3) is 0.350. The normalized spacial score (nSPS) is 12.6. The van der Waals surface area contributed by atoms with Gasteiger partial charge in [0.05, 0.1) is 0 Å². The number of aryl methyl sites for hydroxylation is 1. The number of ether oxygens (including phenoxy) is 2. The maximum Gasteiger partial charge on any atom is 0.231 e. The summed E-state index contributed by atoms with van der Waals surface area (Å²) in [4.78, 5) is 14.0. The van der Waals surface area contributed by atoms with Gasteiger partial charge in [0, 0.05) is 29.1 Å². The van der Waals surface area contributed by atoms with Crippen molar-refractivity contribution in [2.24, 2.45) is 0 Å². The summed E-state index contributed by atoms with van der Waals surface area (Å²) in [5.41, 5.74) is 8.07. The van der Waals surface area contributed by atoms with Gasteiger partial charge in [0.25, 0.3) is 0 Å². The minimum absolute atomic E-state index is 0.195.